The molecule has 1 aliphatic heterocycles. The molecular formula is C10H16FNO5. The van der Waals surface area contributed by atoms with Crippen molar-refractivity contribution in [2.24, 2.45) is 0 Å². The van der Waals surface area contributed by atoms with Gasteiger partial charge in [0.2, 0.25) is 12.2 Å². The summed E-state index contributed by atoms with van der Waals surface area (Å²) < 4.78 is 23.4. The number of carbonyl (C=O) groups excluding carboxylic acids is 2. The Balaban J connectivity index is 2.72. The fourth-order valence-electron chi connectivity index (χ4n) is 1.70. The van der Waals surface area contributed by atoms with Gasteiger partial charge in [-0.05, 0) is 6.92 Å². The Morgan fingerprint density at radius 2 is 2.00 bits per heavy atom. The number of hydrogen-bond acceptors (Lipinski definition) is 5. The van der Waals surface area contributed by atoms with Crippen molar-refractivity contribution >= 4 is 11.9 Å². The van der Waals surface area contributed by atoms with Gasteiger partial charge >= 0.3 is 5.97 Å². The predicted molar refractivity (Wildman–Crippen MR) is 54.6 cm³/mol. The van der Waals surface area contributed by atoms with Crippen LogP contribution in [0.4, 0.5) is 4.39 Å². The van der Waals surface area contributed by atoms with Crippen molar-refractivity contribution in [2.45, 2.75) is 51.5 Å². The summed E-state index contributed by atoms with van der Waals surface area (Å²) in [5.74, 6) is -1.10. The van der Waals surface area contributed by atoms with E-state index in [-0.39, 0.29) is 0 Å². The lowest BCUT2D eigenvalue weighted by atomic mass is 9.98. The number of ether oxygens (including phenoxy) is 2. The molecule has 0 bridgehead atoms. The van der Waals surface area contributed by atoms with Crippen LogP contribution in [-0.4, -0.2) is 47.7 Å². The topological polar surface area (TPSA) is 84.9 Å². The number of aliphatic hydroxyl groups is 1. The highest BCUT2D eigenvalue weighted by atomic mass is 19.1. The van der Waals surface area contributed by atoms with Gasteiger partial charge in [-0.15, -0.1) is 0 Å². The van der Waals surface area contributed by atoms with Gasteiger partial charge in [0.1, 0.15) is 6.10 Å². The van der Waals surface area contributed by atoms with Crippen molar-refractivity contribution in [3.8, 4) is 0 Å². The molecule has 17 heavy (non-hydrogen) atoms. The van der Waals surface area contributed by atoms with Crippen LogP contribution in [0, 0.1) is 0 Å². The van der Waals surface area contributed by atoms with E-state index in [2.05, 4.69) is 10.1 Å². The number of aliphatic hydroxyl groups excluding tert-OH is 1. The van der Waals surface area contributed by atoms with Crippen LogP contribution in [0.5, 0.6) is 0 Å². The first kappa shape index (κ1) is 13.9. The van der Waals surface area contributed by atoms with Gasteiger partial charge in [0.15, 0.2) is 6.17 Å². The lowest BCUT2D eigenvalue weighted by Gasteiger charge is -2.39. The van der Waals surface area contributed by atoms with Crippen molar-refractivity contribution < 1.29 is 28.6 Å². The van der Waals surface area contributed by atoms with Gasteiger partial charge in [-0.1, -0.05) is 0 Å². The molecule has 1 rings (SSSR count). The van der Waals surface area contributed by atoms with E-state index in [4.69, 9.17) is 4.74 Å². The Morgan fingerprint density at radius 3 is 2.47 bits per heavy atom. The molecule has 1 fully saturated rings. The molecule has 2 N–H and O–H groups in total. The van der Waals surface area contributed by atoms with Crippen LogP contribution in [0.1, 0.15) is 20.8 Å². The van der Waals surface area contributed by atoms with Crippen molar-refractivity contribution in [3.63, 3.8) is 0 Å². The lowest BCUT2D eigenvalue weighted by Crippen LogP contribution is -2.61. The summed E-state index contributed by atoms with van der Waals surface area (Å²) in [5.41, 5.74) is 0. The minimum absolute atomic E-state index is 0.400. The molecule has 0 aliphatic carbocycles. The zero-order valence-corrected chi connectivity index (χ0v) is 9.84. The maximum Gasteiger partial charge on any atom is 0.305 e. The summed E-state index contributed by atoms with van der Waals surface area (Å²) >= 11 is 0. The van der Waals surface area contributed by atoms with Crippen LogP contribution in [0.3, 0.4) is 0 Å². The van der Waals surface area contributed by atoms with Crippen molar-refractivity contribution in [1.29, 1.82) is 0 Å². The van der Waals surface area contributed by atoms with Gasteiger partial charge in [0.05, 0.1) is 12.1 Å². The summed E-state index contributed by atoms with van der Waals surface area (Å²) in [6.45, 7) is 3.92. The maximum atomic E-state index is 13.7. The van der Waals surface area contributed by atoms with E-state index >= 15 is 0 Å². The number of carbonyl (C=O) groups is 2. The second-order valence-electron chi connectivity index (χ2n) is 3.98. The monoisotopic (exact) mass is 249 g/mol. The minimum atomic E-state index is -1.90. The smallest absolute Gasteiger partial charge is 0.305 e. The third-order valence-electron chi connectivity index (χ3n) is 2.46. The van der Waals surface area contributed by atoms with Crippen LogP contribution in [-0.2, 0) is 19.1 Å². The summed E-state index contributed by atoms with van der Waals surface area (Å²) in [6, 6.07) is -0.866. The number of esters is 1. The first-order chi connectivity index (χ1) is 7.82. The van der Waals surface area contributed by atoms with Crippen LogP contribution < -0.4 is 5.32 Å². The highest BCUT2D eigenvalue weighted by Crippen LogP contribution is 2.24. The molecular weight excluding hydrogens is 233 g/mol. The van der Waals surface area contributed by atoms with Gasteiger partial charge < -0.3 is 19.9 Å². The molecule has 0 unspecified atom stereocenters. The SMILES string of the molecule is CC(=O)N[C@H]1[C@@H](O)[C@H](F)[C@@H](OC(C)=O)O[C@H]1C. The van der Waals surface area contributed by atoms with E-state index < -0.39 is 42.6 Å². The van der Waals surface area contributed by atoms with E-state index in [9.17, 15) is 19.1 Å². The molecule has 0 aromatic carbocycles. The Kier molecular flexibility index (Phi) is 4.41. The first-order valence-electron chi connectivity index (χ1n) is 5.25. The van der Waals surface area contributed by atoms with E-state index in [1.165, 1.54) is 6.92 Å². The molecule has 6 nitrogen and oxygen atoms in total. The van der Waals surface area contributed by atoms with Crippen molar-refractivity contribution in [3.05, 3.63) is 0 Å². The third kappa shape index (κ3) is 3.37. The maximum absolute atomic E-state index is 13.7. The molecule has 1 saturated heterocycles. The normalized spacial score (nSPS) is 37.4. The minimum Gasteiger partial charge on any atom is -0.433 e. The second-order valence-corrected chi connectivity index (χ2v) is 3.98. The third-order valence-corrected chi connectivity index (χ3v) is 2.46. The van der Waals surface area contributed by atoms with E-state index in [0.717, 1.165) is 6.92 Å². The Hall–Kier alpha value is -1.21. The summed E-state index contributed by atoms with van der Waals surface area (Å²) in [7, 11) is 0. The van der Waals surface area contributed by atoms with Gasteiger partial charge in [-0.2, -0.15) is 0 Å². The summed E-state index contributed by atoms with van der Waals surface area (Å²) in [6.07, 6.45) is -5.48. The fraction of sp³-hybridized carbons (Fsp3) is 0.800. The average Bonchev–Trinajstić information content (AvgIpc) is 2.20. The predicted octanol–water partition coefficient (Wildman–Crippen LogP) is -0.502. The number of halogens is 1. The Labute approximate surface area is 98.1 Å². The quantitative estimate of drug-likeness (QED) is 0.644. The molecule has 5 atom stereocenters. The number of nitrogens with one attached hydrogen (secondary N) is 1. The largest absolute Gasteiger partial charge is 0.433 e. The highest BCUT2D eigenvalue weighted by molar-refractivity contribution is 5.73. The molecule has 98 valence electrons. The molecule has 0 radical (unpaired) electrons. The average molecular weight is 249 g/mol. The van der Waals surface area contributed by atoms with Gasteiger partial charge in [-0.25, -0.2) is 4.39 Å². The number of hydrogen-bond donors (Lipinski definition) is 2. The molecule has 1 heterocycles. The number of amides is 1. The van der Waals surface area contributed by atoms with Crippen LogP contribution in [0.25, 0.3) is 0 Å². The van der Waals surface area contributed by atoms with Gasteiger partial charge in [0.25, 0.3) is 0 Å². The first-order valence-corrected chi connectivity index (χ1v) is 5.25. The zero-order valence-electron chi connectivity index (χ0n) is 9.84. The van der Waals surface area contributed by atoms with Crippen molar-refractivity contribution in [2.75, 3.05) is 0 Å². The Morgan fingerprint density at radius 1 is 1.41 bits per heavy atom. The van der Waals surface area contributed by atoms with Crippen LogP contribution in [0.2, 0.25) is 0 Å². The van der Waals surface area contributed by atoms with Crippen molar-refractivity contribution in [1.82, 2.24) is 5.32 Å². The lowest BCUT2D eigenvalue weighted by molar-refractivity contribution is -0.247. The summed E-state index contributed by atoms with van der Waals surface area (Å²) in [4.78, 5) is 21.6. The molecule has 0 aromatic rings. The van der Waals surface area contributed by atoms with E-state index in [1.54, 1.807) is 6.92 Å². The second kappa shape index (κ2) is 5.42. The fourth-order valence-corrected chi connectivity index (χ4v) is 1.70. The standard InChI is InChI=1S/C10H16FNO5/c1-4-8(12-5(2)13)9(15)7(11)10(16-4)17-6(3)14/h4,7-10,15H,1-3H3,(H,12,13)/t4-,7-,8+,9-,10+/m0/s1. The van der Waals surface area contributed by atoms with Gasteiger partial charge in [0, 0.05) is 13.8 Å². The number of rotatable bonds is 2. The molecule has 7 heteroatoms. The molecule has 0 saturated carbocycles. The van der Waals surface area contributed by atoms with E-state index in [1.807, 2.05) is 0 Å². The molecule has 0 aromatic heterocycles. The molecule has 1 amide bonds. The van der Waals surface area contributed by atoms with Crippen LogP contribution in [0.15, 0.2) is 0 Å². The summed E-state index contributed by atoms with van der Waals surface area (Å²) in [5, 5.41) is 12.1. The van der Waals surface area contributed by atoms with Gasteiger partial charge in [-0.3, -0.25) is 9.59 Å². The number of alkyl halides is 1. The highest BCUT2D eigenvalue weighted by Gasteiger charge is 2.45. The molecule has 1 aliphatic rings. The molecule has 0 spiro atoms. The van der Waals surface area contributed by atoms with E-state index in [0.29, 0.717) is 0 Å². The Bertz CT molecular complexity index is 311. The zero-order chi connectivity index (χ0) is 13.2. The van der Waals surface area contributed by atoms with Crippen LogP contribution >= 0.6 is 0 Å².